The van der Waals surface area contributed by atoms with Crippen LogP contribution < -0.4 is 5.32 Å². The van der Waals surface area contributed by atoms with Gasteiger partial charge in [-0.25, -0.2) is 0 Å². The number of rotatable bonds is 6. The molecule has 0 aliphatic carbocycles. The maximum Gasteiger partial charge on any atom is 0.221 e. The van der Waals surface area contributed by atoms with E-state index in [1.54, 1.807) is 0 Å². The molecule has 0 heterocycles. The minimum atomic E-state index is 0.0522. The van der Waals surface area contributed by atoms with Crippen molar-refractivity contribution in [2.75, 3.05) is 19.6 Å². The summed E-state index contributed by atoms with van der Waals surface area (Å²) in [6.07, 6.45) is 0.466. The molecule has 4 nitrogen and oxygen atoms in total. The topological polar surface area (TPSA) is 56.1 Å². The van der Waals surface area contributed by atoms with Crippen LogP contribution in [0.25, 0.3) is 0 Å². The molecule has 0 bridgehead atoms. The van der Waals surface area contributed by atoms with Gasteiger partial charge in [0.25, 0.3) is 0 Å². The summed E-state index contributed by atoms with van der Waals surface area (Å²) < 4.78 is 0. The van der Waals surface area contributed by atoms with Gasteiger partial charge in [0.05, 0.1) is 12.6 Å². The van der Waals surface area contributed by atoms with Crippen molar-refractivity contribution in [3.05, 3.63) is 0 Å². The Hall–Kier alpha value is -1.08. The van der Waals surface area contributed by atoms with Gasteiger partial charge in [-0.2, -0.15) is 5.26 Å². The van der Waals surface area contributed by atoms with E-state index in [-0.39, 0.29) is 11.9 Å². The Bertz CT molecular complexity index is 208. The molecule has 0 unspecified atom stereocenters. The Morgan fingerprint density at radius 2 is 2.21 bits per heavy atom. The SMILES string of the molecule is CCN(CC#N)CCC(=O)NC(C)C. The third-order valence-electron chi connectivity index (χ3n) is 1.85. The molecule has 0 atom stereocenters. The van der Waals surface area contributed by atoms with Crippen LogP contribution in [0, 0.1) is 11.3 Å². The van der Waals surface area contributed by atoms with Crippen molar-refractivity contribution in [1.82, 2.24) is 10.2 Å². The molecule has 0 saturated carbocycles. The Labute approximate surface area is 85.9 Å². The molecule has 0 radical (unpaired) electrons. The quantitative estimate of drug-likeness (QED) is 0.639. The number of amides is 1. The Morgan fingerprint density at radius 3 is 2.64 bits per heavy atom. The normalized spacial score (nSPS) is 10.3. The standard InChI is InChI=1S/C10H19N3O/c1-4-13(8-6-11)7-5-10(14)12-9(2)3/h9H,4-5,7-8H2,1-3H3,(H,12,14). The zero-order chi connectivity index (χ0) is 11.0. The van der Waals surface area contributed by atoms with E-state index < -0.39 is 0 Å². The maximum atomic E-state index is 11.3. The molecule has 0 fully saturated rings. The molecule has 0 saturated heterocycles. The second-order valence-corrected chi connectivity index (χ2v) is 3.50. The van der Waals surface area contributed by atoms with E-state index in [2.05, 4.69) is 11.4 Å². The molecule has 0 aromatic heterocycles. The number of nitriles is 1. The highest BCUT2D eigenvalue weighted by Gasteiger charge is 2.06. The first-order valence-corrected chi connectivity index (χ1v) is 4.98. The molecular formula is C10H19N3O. The predicted octanol–water partition coefficient (Wildman–Crippen LogP) is 0.747. The molecule has 0 aromatic rings. The zero-order valence-corrected chi connectivity index (χ0v) is 9.21. The van der Waals surface area contributed by atoms with Crippen molar-refractivity contribution >= 4 is 5.91 Å². The van der Waals surface area contributed by atoms with Gasteiger partial charge in [-0.3, -0.25) is 9.69 Å². The number of hydrogen-bond acceptors (Lipinski definition) is 3. The Kier molecular flexibility index (Phi) is 6.77. The van der Waals surface area contributed by atoms with Gasteiger partial charge in [0.1, 0.15) is 0 Å². The van der Waals surface area contributed by atoms with Crippen LogP contribution in [0.15, 0.2) is 0 Å². The molecule has 0 spiro atoms. The smallest absolute Gasteiger partial charge is 0.221 e. The zero-order valence-electron chi connectivity index (χ0n) is 9.21. The summed E-state index contributed by atoms with van der Waals surface area (Å²) >= 11 is 0. The van der Waals surface area contributed by atoms with Crippen molar-refractivity contribution < 1.29 is 4.79 Å². The number of carbonyl (C=O) groups is 1. The van der Waals surface area contributed by atoms with Gasteiger partial charge in [0, 0.05) is 19.0 Å². The van der Waals surface area contributed by atoms with E-state index in [1.807, 2.05) is 25.7 Å². The van der Waals surface area contributed by atoms with Crippen LogP contribution >= 0.6 is 0 Å². The fourth-order valence-corrected chi connectivity index (χ4v) is 1.10. The highest BCUT2D eigenvalue weighted by Crippen LogP contribution is 1.91. The minimum Gasteiger partial charge on any atom is -0.354 e. The molecule has 0 aromatic carbocycles. The molecule has 14 heavy (non-hydrogen) atoms. The van der Waals surface area contributed by atoms with Crippen LogP contribution in [0.1, 0.15) is 27.2 Å². The van der Waals surface area contributed by atoms with Crippen LogP contribution in [0.5, 0.6) is 0 Å². The van der Waals surface area contributed by atoms with E-state index in [1.165, 1.54) is 0 Å². The Balaban J connectivity index is 3.69. The molecular weight excluding hydrogens is 178 g/mol. The highest BCUT2D eigenvalue weighted by atomic mass is 16.1. The predicted molar refractivity (Wildman–Crippen MR) is 55.6 cm³/mol. The number of nitrogens with one attached hydrogen (secondary N) is 1. The first-order chi connectivity index (χ1) is 6.60. The van der Waals surface area contributed by atoms with Crippen molar-refractivity contribution in [1.29, 1.82) is 5.26 Å². The lowest BCUT2D eigenvalue weighted by molar-refractivity contribution is -0.121. The van der Waals surface area contributed by atoms with E-state index in [9.17, 15) is 4.79 Å². The largest absolute Gasteiger partial charge is 0.354 e. The first kappa shape index (κ1) is 12.9. The Morgan fingerprint density at radius 1 is 1.57 bits per heavy atom. The second kappa shape index (κ2) is 7.34. The molecule has 0 rings (SSSR count). The lowest BCUT2D eigenvalue weighted by Crippen LogP contribution is -2.34. The summed E-state index contributed by atoms with van der Waals surface area (Å²) in [6.45, 7) is 7.71. The molecule has 1 amide bonds. The average Bonchev–Trinajstić information content (AvgIpc) is 2.11. The van der Waals surface area contributed by atoms with Crippen LogP contribution in [-0.2, 0) is 4.79 Å². The van der Waals surface area contributed by atoms with Gasteiger partial charge >= 0.3 is 0 Å². The monoisotopic (exact) mass is 197 g/mol. The summed E-state index contributed by atoms with van der Waals surface area (Å²) in [5.74, 6) is 0.0522. The summed E-state index contributed by atoms with van der Waals surface area (Å²) in [4.78, 5) is 13.2. The molecule has 0 aliphatic rings. The maximum absolute atomic E-state index is 11.3. The minimum absolute atomic E-state index is 0.0522. The summed E-state index contributed by atoms with van der Waals surface area (Å²) in [5.41, 5.74) is 0. The lowest BCUT2D eigenvalue weighted by atomic mass is 10.3. The number of carbonyl (C=O) groups excluding carboxylic acids is 1. The van der Waals surface area contributed by atoms with Gasteiger partial charge in [0.2, 0.25) is 5.91 Å². The number of nitrogens with zero attached hydrogens (tertiary/aromatic N) is 2. The first-order valence-electron chi connectivity index (χ1n) is 4.98. The van der Waals surface area contributed by atoms with Gasteiger partial charge in [-0.15, -0.1) is 0 Å². The molecule has 4 heteroatoms. The van der Waals surface area contributed by atoms with Crippen LogP contribution in [0.3, 0.4) is 0 Å². The van der Waals surface area contributed by atoms with Crippen LogP contribution in [-0.4, -0.2) is 36.5 Å². The van der Waals surface area contributed by atoms with Crippen molar-refractivity contribution in [2.45, 2.75) is 33.2 Å². The summed E-state index contributed by atoms with van der Waals surface area (Å²) in [5, 5.41) is 11.3. The fraction of sp³-hybridized carbons (Fsp3) is 0.800. The average molecular weight is 197 g/mol. The van der Waals surface area contributed by atoms with Crippen molar-refractivity contribution in [3.63, 3.8) is 0 Å². The van der Waals surface area contributed by atoms with Crippen LogP contribution in [0.4, 0.5) is 0 Å². The van der Waals surface area contributed by atoms with E-state index in [4.69, 9.17) is 5.26 Å². The second-order valence-electron chi connectivity index (χ2n) is 3.50. The number of hydrogen-bond donors (Lipinski definition) is 1. The van der Waals surface area contributed by atoms with Crippen LogP contribution in [0.2, 0.25) is 0 Å². The van der Waals surface area contributed by atoms with Crippen molar-refractivity contribution in [3.8, 4) is 6.07 Å². The fourth-order valence-electron chi connectivity index (χ4n) is 1.10. The molecule has 1 N–H and O–H groups in total. The summed E-state index contributed by atoms with van der Waals surface area (Å²) in [7, 11) is 0. The third kappa shape index (κ3) is 6.44. The van der Waals surface area contributed by atoms with Crippen molar-refractivity contribution in [2.24, 2.45) is 0 Å². The van der Waals surface area contributed by atoms with E-state index in [0.717, 1.165) is 6.54 Å². The summed E-state index contributed by atoms with van der Waals surface area (Å²) in [6, 6.07) is 2.27. The van der Waals surface area contributed by atoms with Gasteiger partial charge in [0.15, 0.2) is 0 Å². The third-order valence-corrected chi connectivity index (χ3v) is 1.85. The van der Waals surface area contributed by atoms with Gasteiger partial charge in [-0.05, 0) is 20.4 Å². The van der Waals surface area contributed by atoms with E-state index >= 15 is 0 Å². The lowest BCUT2D eigenvalue weighted by Gasteiger charge is -2.16. The molecule has 80 valence electrons. The van der Waals surface area contributed by atoms with Gasteiger partial charge < -0.3 is 5.32 Å². The van der Waals surface area contributed by atoms with E-state index in [0.29, 0.717) is 19.5 Å². The highest BCUT2D eigenvalue weighted by molar-refractivity contribution is 5.76. The molecule has 0 aliphatic heterocycles. The van der Waals surface area contributed by atoms with Gasteiger partial charge in [-0.1, -0.05) is 6.92 Å².